The largest absolute Gasteiger partial charge is 0.377 e. The highest BCUT2D eigenvalue weighted by Gasteiger charge is 2.41. The lowest BCUT2D eigenvalue weighted by Gasteiger charge is -2.26. The second kappa shape index (κ2) is 6.63. The molecule has 1 aliphatic heterocycles. The highest BCUT2D eigenvalue weighted by molar-refractivity contribution is 7.93. The summed E-state index contributed by atoms with van der Waals surface area (Å²) in [5.41, 5.74) is 2.41. The second-order valence-corrected chi connectivity index (χ2v) is 9.07. The van der Waals surface area contributed by atoms with E-state index in [9.17, 15) is 13.2 Å². The molecule has 0 amide bonds. The standard InChI is InChI=1S/C22H22N2O3S/c1-15(25)21-14-16-8-4-5-11-19(16)24(21)28(26,27)22-13-7-9-17-18(22)10-6-12-20(17)23(2)3/h4-13,21H,14H2,1-3H3/t21-/m0/s1. The van der Waals surface area contributed by atoms with Crippen LogP contribution >= 0.6 is 0 Å². The summed E-state index contributed by atoms with van der Waals surface area (Å²) in [6.07, 6.45) is 0.401. The molecule has 144 valence electrons. The van der Waals surface area contributed by atoms with E-state index in [4.69, 9.17) is 0 Å². The lowest BCUT2D eigenvalue weighted by Crippen LogP contribution is -2.42. The summed E-state index contributed by atoms with van der Waals surface area (Å²) < 4.78 is 28.8. The molecule has 1 atom stereocenters. The van der Waals surface area contributed by atoms with E-state index in [1.54, 1.807) is 24.3 Å². The van der Waals surface area contributed by atoms with Crippen molar-refractivity contribution in [2.75, 3.05) is 23.3 Å². The topological polar surface area (TPSA) is 57.7 Å². The summed E-state index contributed by atoms with van der Waals surface area (Å²) in [5, 5.41) is 1.51. The molecule has 0 radical (unpaired) electrons. The predicted octanol–water partition coefficient (Wildman–Crippen LogP) is 3.61. The average molecular weight is 394 g/mol. The van der Waals surface area contributed by atoms with E-state index in [0.29, 0.717) is 17.5 Å². The summed E-state index contributed by atoms with van der Waals surface area (Å²) in [7, 11) is -0.0633. The number of fused-ring (bicyclic) bond motifs is 2. The number of hydrogen-bond acceptors (Lipinski definition) is 4. The first-order valence-electron chi connectivity index (χ1n) is 9.14. The first kappa shape index (κ1) is 18.5. The molecule has 4 rings (SSSR count). The first-order chi connectivity index (χ1) is 13.3. The lowest BCUT2D eigenvalue weighted by molar-refractivity contribution is -0.117. The number of sulfonamides is 1. The van der Waals surface area contributed by atoms with E-state index in [0.717, 1.165) is 16.6 Å². The number of anilines is 2. The summed E-state index contributed by atoms with van der Waals surface area (Å²) in [4.78, 5) is 14.5. The quantitative estimate of drug-likeness (QED) is 0.678. The van der Waals surface area contributed by atoms with Gasteiger partial charge in [0.25, 0.3) is 10.0 Å². The zero-order valence-corrected chi connectivity index (χ0v) is 16.9. The van der Waals surface area contributed by atoms with Crippen molar-refractivity contribution in [2.45, 2.75) is 24.3 Å². The summed E-state index contributed by atoms with van der Waals surface area (Å²) in [6, 6.07) is 17.5. The fraction of sp³-hybridized carbons (Fsp3) is 0.227. The molecule has 6 heteroatoms. The van der Waals surface area contributed by atoms with Crippen molar-refractivity contribution in [1.29, 1.82) is 0 Å². The maximum atomic E-state index is 13.8. The molecule has 1 aliphatic rings. The van der Waals surface area contributed by atoms with E-state index in [-0.39, 0.29) is 10.7 Å². The molecule has 0 saturated carbocycles. The molecule has 0 N–H and O–H groups in total. The van der Waals surface area contributed by atoms with Crippen LogP contribution in [0.5, 0.6) is 0 Å². The van der Waals surface area contributed by atoms with Gasteiger partial charge >= 0.3 is 0 Å². The van der Waals surface area contributed by atoms with Crippen molar-refractivity contribution >= 4 is 38.0 Å². The molecule has 0 fully saturated rings. The number of nitrogens with zero attached hydrogens (tertiary/aromatic N) is 2. The summed E-state index contributed by atoms with van der Waals surface area (Å²) in [5.74, 6) is -0.158. The number of benzene rings is 3. The molecule has 0 unspecified atom stereocenters. The Bertz CT molecular complexity index is 1190. The highest BCUT2D eigenvalue weighted by Crippen LogP contribution is 2.39. The molecule has 5 nitrogen and oxygen atoms in total. The number of carbonyl (C=O) groups excluding carboxylic acids is 1. The third-order valence-electron chi connectivity index (χ3n) is 5.27. The van der Waals surface area contributed by atoms with Crippen LogP contribution in [0.4, 0.5) is 11.4 Å². The smallest absolute Gasteiger partial charge is 0.265 e. The van der Waals surface area contributed by atoms with Crippen molar-refractivity contribution in [1.82, 2.24) is 0 Å². The van der Waals surface area contributed by atoms with Gasteiger partial charge in [0, 0.05) is 37.0 Å². The highest BCUT2D eigenvalue weighted by atomic mass is 32.2. The third kappa shape index (κ3) is 2.76. The third-order valence-corrected chi connectivity index (χ3v) is 7.15. The minimum Gasteiger partial charge on any atom is -0.377 e. The van der Waals surface area contributed by atoms with Crippen LogP contribution in [0.3, 0.4) is 0 Å². The van der Waals surface area contributed by atoms with Crippen LogP contribution in [0.15, 0.2) is 65.6 Å². The van der Waals surface area contributed by atoms with Gasteiger partial charge in [-0.15, -0.1) is 0 Å². The molecule has 3 aromatic rings. The molecule has 0 bridgehead atoms. The van der Waals surface area contributed by atoms with Gasteiger partial charge in [-0.2, -0.15) is 0 Å². The average Bonchev–Trinajstić information content (AvgIpc) is 3.07. The molecule has 0 spiro atoms. The molecular formula is C22H22N2O3S. The summed E-state index contributed by atoms with van der Waals surface area (Å²) in [6.45, 7) is 1.45. The fourth-order valence-corrected chi connectivity index (χ4v) is 5.86. The van der Waals surface area contributed by atoms with E-state index < -0.39 is 16.1 Å². The minimum absolute atomic E-state index is 0.158. The first-order valence-corrected chi connectivity index (χ1v) is 10.6. The Morgan fingerprint density at radius 2 is 1.64 bits per heavy atom. The summed E-state index contributed by atoms with van der Waals surface area (Å²) >= 11 is 0. The zero-order valence-electron chi connectivity index (χ0n) is 16.1. The van der Waals surface area contributed by atoms with Gasteiger partial charge < -0.3 is 4.90 Å². The molecule has 0 aliphatic carbocycles. The van der Waals surface area contributed by atoms with E-state index in [1.165, 1.54) is 11.2 Å². The molecule has 0 saturated heterocycles. The van der Waals surface area contributed by atoms with Crippen LogP contribution in [-0.2, 0) is 21.2 Å². The Morgan fingerprint density at radius 3 is 2.36 bits per heavy atom. The molecule has 1 heterocycles. The van der Waals surface area contributed by atoms with Crippen molar-refractivity contribution in [3.8, 4) is 0 Å². The monoisotopic (exact) mass is 394 g/mol. The number of rotatable bonds is 4. The van der Waals surface area contributed by atoms with Crippen LogP contribution in [-0.4, -0.2) is 34.3 Å². The Balaban J connectivity index is 1.96. The van der Waals surface area contributed by atoms with Gasteiger partial charge in [-0.25, -0.2) is 8.42 Å². The molecular weight excluding hydrogens is 372 g/mol. The van der Waals surface area contributed by atoms with Gasteiger partial charge in [0.15, 0.2) is 5.78 Å². The van der Waals surface area contributed by atoms with Crippen molar-refractivity contribution < 1.29 is 13.2 Å². The van der Waals surface area contributed by atoms with Gasteiger partial charge in [0.05, 0.1) is 10.6 Å². The number of Topliss-reactive ketones (excluding diaryl/α,β-unsaturated/α-hetero) is 1. The number of para-hydroxylation sites is 1. The Kier molecular flexibility index (Phi) is 4.38. The van der Waals surface area contributed by atoms with Crippen LogP contribution in [0.2, 0.25) is 0 Å². The van der Waals surface area contributed by atoms with Gasteiger partial charge in [0.2, 0.25) is 0 Å². The van der Waals surface area contributed by atoms with Gasteiger partial charge in [-0.1, -0.05) is 42.5 Å². The SMILES string of the molecule is CC(=O)[C@@H]1Cc2ccccc2N1S(=O)(=O)c1cccc2c(N(C)C)cccc12. The van der Waals surface area contributed by atoms with E-state index in [2.05, 4.69) is 0 Å². The Hall–Kier alpha value is -2.86. The zero-order chi connectivity index (χ0) is 20.1. The number of carbonyl (C=O) groups is 1. The van der Waals surface area contributed by atoms with Crippen molar-refractivity contribution in [2.24, 2.45) is 0 Å². The van der Waals surface area contributed by atoms with Gasteiger partial charge in [-0.05, 0) is 30.7 Å². The second-order valence-electron chi connectivity index (χ2n) is 7.28. The van der Waals surface area contributed by atoms with E-state index >= 15 is 0 Å². The molecule has 3 aromatic carbocycles. The van der Waals surface area contributed by atoms with Crippen LogP contribution in [0.25, 0.3) is 10.8 Å². The minimum atomic E-state index is -3.92. The lowest BCUT2D eigenvalue weighted by atomic mass is 10.1. The fourth-order valence-electron chi connectivity index (χ4n) is 3.95. The Morgan fingerprint density at radius 1 is 0.964 bits per heavy atom. The van der Waals surface area contributed by atoms with E-state index in [1.807, 2.05) is 55.4 Å². The van der Waals surface area contributed by atoms with Gasteiger partial charge in [0.1, 0.15) is 6.04 Å². The molecule has 0 aromatic heterocycles. The number of hydrogen-bond donors (Lipinski definition) is 0. The predicted molar refractivity (Wildman–Crippen MR) is 113 cm³/mol. The maximum absolute atomic E-state index is 13.8. The normalized spacial score (nSPS) is 16.2. The maximum Gasteiger partial charge on any atom is 0.265 e. The van der Waals surface area contributed by atoms with Gasteiger partial charge in [-0.3, -0.25) is 9.10 Å². The molecule has 28 heavy (non-hydrogen) atoms. The van der Waals surface area contributed by atoms with Crippen molar-refractivity contribution in [3.63, 3.8) is 0 Å². The Labute approximate surface area is 165 Å². The number of ketones is 1. The van der Waals surface area contributed by atoms with Crippen LogP contribution in [0.1, 0.15) is 12.5 Å². The van der Waals surface area contributed by atoms with Crippen molar-refractivity contribution in [3.05, 3.63) is 66.2 Å². The van der Waals surface area contributed by atoms with Crippen LogP contribution < -0.4 is 9.21 Å². The van der Waals surface area contributed by atoms with Crippen LogP contribution in [0, 0.1) is 0 Å².